The van der Waals surface area contributed by atoms with Crippen LogP contribution in [0, 0.1) is 6.92 Å². The summed E-state index contributed by atoms with van der Waals surface area (Å²) in [6.45, 7) is 1.64. The van der Waals surface area contributed by atoms with E-state index in [1.807, 2.05) is 0 Å². The Hall–Kier alpha value is -1.54. The van der Waals surface area contributed by atoms with Crippen LogP contribution in [-0.2, 0) is 10.0 Å². The first-order valence-corrected chi connectivity index (χ1v) is 7.25. The van der Waals surface area contributed by atoms with Gasteiger partial charge >= 0.3 is 0 Å². The fraction of sp³-hybridized carbons (Fsp3) is 0.100. The fourth-order valence-corrected chi connectivity index (χ4v) is 2.86. The molecule has 4 N–H and O–H groups in total. The Bertz CT molecular complexity index is 681. The molecule has 0 fully saturated rings. The molecule has 0 bridgehead atoms. The molecule has 1 heterocycles. The predicted molar refractivity (Wildman–Crippen MR) is 72.7 cm³/mol. The van der Waals surface area contributed by atoms with Crippen LogP contribution in [0.3, 0.4) is 0 Å². The van der Waals surface area contributed by atoms with Gasteiger partial charge in [0.1, 0.15) is 4.90 Å². The van der Waals surface area contributed by atoms with Crippen molar-refractivity contribution in [3.05, 3.63) is 34.6 Å². The number of aromatic nitrogens is 2. The van der Waals surface area contributed by atoms with Crippen molar-refractivity contribution in [3.63, 3.8) is 0 Å². The molecule has 0 spiro atoms. The van der Waals surface area contributed by atoms with Crippen molar-refractivity contribution in [1.82, 2.24) is 10.2 Å². The third kappa shape index (κ3) is 2.49. The third-order valence-electron chi connectivity index (χ3n) is 2.32. The van der Waals surface area contributed by atoms with Gasteiger partial charge in [0.25, 0.3) is 10.0 Å². The van der Waals surface area contributed by atoms with Gasteiger partial charge in [0.2, 0.25) is 0 Å². The Balaban J connectivity index is 2.34. The van der Waals surface area contributed by atoms with Gasteiger partial charge in [-0.25, -0.2) is 8.42 Å². The van der Waals surface area contributed by atoms with E-state index in [2.05, 4.69) is 30.8 Å². The van der Waals surface area contributed by atoms with Gasteiger partial charge in [0, 0.05) is 10.2 Å². The molecule has 2 rings (SSSR count). The van der Waals surface area contributed by atoms with Gasteiger partial charge in [-0.1, -0.05) is 0 Å². The van der Waals surface area contributed by atoms with Gasteiger partial charge in [0.05, 0.1) is 17.6 Å². The molecule has 0 aliphatic rings. The molecule has 1 aromatic heterocycles. The third-order valence-corrected chi connectivity index (χ3v) is 4.54. The molecule has 1 aromatic carbocycles. The number of nitrogens with one attached hydrogen (secondary N) is 2. The smallest absolute Gasteiger partial charge is 0.265 e. The maximum Gasteiger partial charge on any atom is 0.265 e. The number of aromatic amines is 1. The number of anilines is 2. The highest BCUT2D eigenvalue weighted by Crippen LogP contribution is 2.25. The standard InChI is InChI=1S/C10H11BrN4O2S/c1-6-10(5-13-14-6)18(16,17)15-7-2-3-8(11)9(12)4-7/h2-5,15H,12H2,1H3,(H,13,14). The van der Waals surface area contributed by atoms with E-state index in [0.29, 0.717) is 21.5 Å². The summed E-state index contributed by atoms with van der Waals surface area (Å²) < 4.78 is 27.3. The first-order chi connectivity index (χ1) is 8.40. The predicted octanol–water partition coefficient (Wildman–Crippen LogP) is 1.86. The van der Waals surface area contributed by atoms with Crippen molar-refractivity contribution in [3.8, 4) is 0 Å². The van der Waals surface area contributed by atoms with Gasteiger partial charge in [0.15, 0.2) is 0 Å². The number of nitrogens with zero attached hydrogens (tertiary/aromatic N) is 1. The molecule has 0 unspecified atom stereocenters. The Morgan fingerprint density at radius 1 is 1.44 bits per heavy atom. The molecule has 0 amide bonds. The quantitative estimate of drug-likeness (QED) is 0.747. The first-order valence-electron chi connectivity index (χ1n) is 4.98. The minimum absolute atomic E-state index is 0.115. The van der Waals surface area contributed by atoms with Crippen LogP contribution in [0.4, 0.5) is 11.4 Å². The molecular formula is C10H11BrN4O2S. The Morgan fingerprint density at radius 3 is 2.72 bits per heavy atom. The molecule has 0 saturated heterocycles. The molecule has 8 heteroatoms. The lowest BCUT2D eigenvalue weighted by atomic mass is 10.3. The van der Waals surface area contributed by atoms with E-state index >= 15 is 0 Å². The van der Waals surface area contributed by atoms with Crippen molar-refractivity contribution in [2.24, 2.45) is 0 Å². The molecule has 0 saturated carbocycles. The van der Waals surface area contributed by atoms with Gasteiger partial charge in [-0.15, -0.1) is 0 Å². The van der Waals surface area contributed by atoms with Crippen molar-refractivity contribution in [1.29, 1.82) is 0 Å². The van der Waals surface area contributed by atoms with E-state index < -0.39 is 10.0 Å². The van der Waals surface area contributed by atoms with Gasteiger partial charge in [-0.3, -0.25) is 9.82 Å². The molecule has 0 aliphatic heterocycles. The molecule has 96 valence electrons. The highest BCUT2D eigenvalue weighted by Gasteiger charge is 2.18. The van der Waals surface area contributed by atoms with Crippen LogP contribution in [0.15, 0.2) is 33.8 Å². The van der Waals surface area contributed by atoms with Crippen LogP contribution < -0.4 is 10.5 Å². The van der Waals surface area contributed by atoms with Crippen LogP contribution in [0.5, 0.6) is 0 Å². The number of nitrogens with two attached hydrogens (primary N) is 1. The molecule has 18 heavy (non-hydrogen) atoms. The average molecular weight is 331 g/mol. The van der Waals surface area contributed by atoms with Crippen LogP contribution in [0.25, 0.3) is 0 Å². The summed E-state index contributed by atoms with van der Waals surface area (Å²) in [5.41, 5.74) is 7.02. The highest BCUT2D eigenvalue weighted by atomic mass is 79.9. The zero-order valence-electron chi connectivity index (χ0n) is 9.44. The minimum atomic E-state index is -3.64. The van der Waals surface area contributed by atoms with E-state index in [0.717, 1.165) is 0 Å². The van der Waals surface area contributed by atoms with Gasteiger partial charge < -0.3 is 5.73 Å². The Labute approximate surface area is 113 Å². The number of aryl methyl sites for hydroxylation is 1. The summed E-state index contributed by atoms with van der Waals surface area (Å²) >= 11 is 3.24. The summed E-state index contributed by atoms with van der Waals surface area (Å²) in [5, 5.41) is 6.26. The lowest BCUT2D eigenvalue weighted by molar-refractivity contribution is 0.600. The second kappa shape index (κ2) is 4.62. The monoisotopic (exact) mass is 330 g/mol. The largest absolute Gasteiger partial charge is 0.398 e. The number of nitrogen functional groups attached to an aromatic ring is 1. The highest BCUT2D eigenvalue weighted by molar-refractivity contribution is 9.10. The number of H-pyrrole nitrogens is 1. The van der Waals surface area contributed by atoms with E-state index in [1.54, 1.807) is 19.1 Å². The molecule has 0 atom stereocenters. The normalized spacial score (nSPS) is 11.4. The molecule has 6 nitrogen and oxygen atoms in total. The number of hydrogen-bond donors (Lipinski definition) is 3. The maximum absolute atomic E-state index is 12.1. The number of sulfonamides is 1. The zero-order chi connectivity index (χ0) is 13.3. The average Bonchev–Trinajstić information content (AvgIpc) is 2.70. The Morgan fingerprint density at radius 2 is 2.17 bits per heavy atom. The second-order valence-electron chi connectivity index (χ2n) is 3.70. The molecular weight excluding hydrogens is 320 g/mol. The zero-order valence-corrected chi connectivity index (χ0v) is 11.8. The summed E-state index contributed by atoms with van der Waals surface area (Å²) in [5.74, 6) is 0. The lowest BCUT2D eigenvalue weighted by Gasteiger charge is -2.08. The van der Waals surface area contributed by atoms with Crippen molar-refractivity contribution < 1.29 is 8.42 Å². The maximum atomic E-state index is 12.1. The molecule has 0 aliphatic carbocycles. The van der Waals surface area contributed by atoms with E-state index in [4.69, 9.17) is 5.73 Å². The molecule has 0 radical (unpaired) electrons. The summed E-state index contributed by atoms with van der Waals surface area (Å²) in [4.78, 5) is 0.115. The first kappa shape index (κ1) is 12.9. The Kier molecular flexibility index (Phi) is 3.31. The number of rotatable bonds is 3. The van der Waals surface area contributed by atoms with Crippen LogP contribution in [0.2, 0.25) is 0 Å². The van der Waals surface area contributed by atoms with Crippen molar-refractivity contribution in [2.75, 3.05) is 10.5 Å². The van der Waals surface area contributed by atoms with Crippen molar-refractivity contribution >= 4 is 37.3 Å². The second-order valence-corrected chi connectivity index (χ2v) is 6.21. The van der Waals surface area contributed by atoms with E-state index in [1.165, 1.54) is 12.3 Å². The number of halogens is 1. The topological polar surface area (TPSA) is 101 Å². The SMILES string of the molecule is Cc1[nH]ncc1S(=O)(=O)Nc1ccc(Br)c(N)c1. The lowest BCUT2D eigenvalue weighted by Crippen LogP contribution is -2.13. The van der Waals surface area contributed by atoms with Gasteiger partial charge in [-0.2, -0.15) is 5.10 Å². The van der Waals surface area contributed by atoms with E-state index in [9.17, 15) is 8.42 Å². The number of hydrogen-bond acceptors (Lipinski definition) is 4. The fourth-order valence-electron chi connectivity index (χ4n) is 1.43. The minimum Gasteiger partial charge on any atom is -0.398 e. The molecule has 2 aromatic rings. The summed E-state index contributed by atoms with van der Waals surface area (Å²) in [6.07, 6.45) is 1.26. The summed E-state index contributed by atoms with van der Waals surface area (Å²) in [6, 6.07) is 4.83. The number of benzene rings is 1. The van der Waals surface area contributed by atoms with Crippen LogP contribution in [0.1, 0.15) is 5.69 Å². The van der Waals surface area contributed by atoms with Crippen molar-refractivity contribution in [2.45, 2.75) is 11.8 Å². The van der Waals surface area contributed by atoms with Crippen LogP contribution in [-0.4, -0.2) is 18.6 Å². The van der Waals surface area contributed by atoms with Gasteiger partial charge in [-0.05, 0) is 41.1 Å². The van der Waals surface area contributed by atoms with E-state index in [-0.39, 0.29) is 4.90 Å². The van der Waals surface area contributed by atoms with Crippen LogP contribution >= 0.6 is 15.9 Å². The summed E-state index contributed by atoms with van der Waals surface area (Å²) in [7, 11) is -3.64.